The molecule has 1 unspecified atom stereocenters. The quantitative estimate of drug-likeness (QED) is 0.668. The summed E-state index contributed by atoms with van der Waals surface area (Å²) in [6.07, 6.45) is 0. The zero-order valence-corrected chi connectivity index (χ0v) is 10.8. The maximum atomic E-state index is 11.8. The predicted octanol–water partition coefficient (Wildman–Crippen LogP) is -0.702. The van der Waals surface area contributed by atoms with Crippen molar-refractivity contribution >= 4 is 29.4 Å². The van der Waals surface area contributed by atoms with E-state index in [-0.39, 0.29) is 24.9 Å². The van der Waals surface area contributed by atoms with Gasteiger partial charge in [0.2, 0.25) is 11.8 Å². The monoisotopic (exact) mass is 277 g/mol. The minimum atomic E-state index is -0.721. The van der Waals surface area contributed by atoms with Gasteiger partial charge in [-0.15, -0.1) is 11.6 Å². The first kappa shape index (κ1) is 14.7. The number of likely N-dealkylation sites (N-methyl/N-ethyl adjacent to an activating group) is 1. The Morgan fingerprint density at radius 3 is 2.78 bits per heavy atom. The van der Waals surface area contributed by atoms with Gasteiger partial charge in [0.15, 0.2) is 0 Å². The van der Waals surface area contributed by atoms with Crippen LogP contribution in [-0.2, 0) is 14.3 Å². The van der Waals surface area contributed by atoms with Gasteiger partial charge in [0.25, 0.3) is 0 Å². The maximum Gasteiger partial charge on any atom is 0.324 e. The van der Waals surface area contributed by atoms with Crippen molar-refractivity contribution in [3.8, 4) is 0 Å². The number of alkyl halides is 1. The molecular formula is C10H16ClN3O4. The Hall–Kier alpha value is -1.34. The summed E-state index contributed by atoms with van der Waals surface area (Å²) in [5.74, 6) is -1.20. The molecule has 102 valence electrons. The SMILES string of the molecule is CCNC(=O)C1COCCN1C(=O)NC(=O)CCl. The van der Waals surface area contributed by atoms with Crippen LogP contribution in [-0.4, -0.2) is 61.0 Å². The molecule has 0 radical (unpaired) electrons. The van der Waals surface area contributed by atoms with E-state index in [0.717, 1.165) is 0 Å². The number of ether oxygens (including phenoxy) is 1. The summed E-state index contributed by atoms with van der Waals surface area (Å²) in [6.45, 7) is 2.95. The minimum Gasteiger partial charge on any atom is -0.377 e. The maximum absolute atomic E-state index is 11.8. The number of carbonyl (C=O) groups is 3. The fourth-order valence-corrected chi connectivity index (χ4v) is 1.65. The van der Waals surface area contributed by atoms with Gasteiger partial charge in [-0.3, -0.25) is 14.9 Å². The molecule has 0 aliphatic carbocycles. The van der Waals surface area contributed by atoms with Crippen molar-refractivity contribution in [1.29, 1.82) is 0 Å². The number of imide groups is 1. The molecule has 1 rings (SSSR count). The average Bonchev–Trinajstić information content (AvgIpc) is 2.38. The van der Waals surface area contributed by atoms with Gasteiger partial charge in [0.1, 0.15) is 11.9 Å². The second-order valence-corrected chi connectivity index (χ2v) is 3.93. The third-order valence-electron chi connectivity index (χ3n) is 2.41. The molecule has 8 heteroatoms. The first-order valence-electron chi connectivity index (χ1n) is 5.62. The number of morpholine rings is 1. The molecule has 1 aliphatic heterocycles. The lowest BCUT2D eigenvalue weighted by molar-refractivity contribution is -0.130. The lowest BCUT2D eigenvalue weighted by atomic mass is 10.2. The van der Waals surface area contributed by atoms with E-state index in [4.69, 9.17) is 16.3 Å². The zero-order chi connectivity index (χ0) is 13.5. The molecule has 7 nitrogen and oxygen atoms in total. The highest BCUT2D eigenvalue weighted by Gasteiger charge is 2.33. The van der Waals surface area contributed by atoms with Gasteiger partial charge >= 0.3 is 6.03 Å². The van der Waals surface area contributed by atoms with Crippen molar-refractivity contribution in [1.82, 2.24) is 15.5 Å². The Kier molecular flexibility index (Phi) is 5.87. The summed E-state index contributed by atoms with van der Waals surface area (Å²) in [7, 11) is 0. The highest BCUT2D eigenvalue weighted by atomic mass is 35.5. The Morgan fingerprint density at radius 1 is 1.44 bits per heavy atom. The van der Waals surface area contributed by atoms with Crippen molar-refractivity contribution in [3.63, 3.8) is 0 Å². The van der Waals surface area contributed by atoms with Gasteiger partial charge in [-0.05, 0) is 6.92 Å². The van der Waals surface area contributed by atoms with Gasteiger partial charge in [0.05, 0.1) is 13.2 Å². The largest absolute Gasteiger partial charge is 0.377 e. The molecule has 0 aromatic carbocycles. The fourth-order valence-electron chi connectivity index (χ4n) is 1.58. The first-order valence-corrected chi connectivity index (χ1v) is 6.15. The Balaban J connectivity index is 2.66. The van der Waals surface area contributed by atoms with Crippen LogP contribution in [0.3, 0.4) is 0 Å². The molecule has 1 heterocycles. The second-order valence-electron chi connectivity index (χ2n) is 3.67. The predicted molar refractivity (Wildman–Crippen MR) is 64.3 cm³/mol. The topological polar surface area (TPSA) is 87.7 Å². The molecule has 1 aliphatic rings. The van der Waals surface area contributed by atoms with Crippen LogP contribution in [0.5, 0.6) is 0 Å². The van der Waals surface area contributed by atoms with E-state index in [1.165, 1.54) is 4.90 Å². The number of hydrogen-bond donors (Lipinski definition) is 2. The number of halogens is 1. The molecule has 1 atom stereocenters. The van der Waals surface area contributed by atoms with Gasteiger partial charge in [0, 0.05) is 13.1 Å². The van der Waals surface area contributed by atoms with Gasteiger partial charge in [-0.2, -0.15) is 0 Å². The van der Waals surface area contributed by atoms with Crippen molar-refractivity contribution in [2.75, 3.05) is 32.2 Å². The number of urea groups is 1. The van der Waals surface area contributed by atoms with E-state index in [0.29, 0.717) is 13.2 Å². The Labute approximate surface area is 110 Å². The molecule has 1 saturated heterocycles. The summed E-state index contributed by atoms with van der Waals surface area (Å²) in [4.78, 5) is 35.9. The van der Waals surface area contributed by atoms with Gasteiger partial charge in [-0.1, -0.05) is 0 Å². The third-order valence-corrected chi connectivity index (χ3v) is 2.65. The molecule has 0 spiro atoms. The Bertz CT molecular complexity index is 337. The first-order chi connectivity index (χ1) is 8.60. The number of hydrogen-bond acceptors (Lipinski definition) is 4. The number of rotatable bonds is 3. The average molecular weight is 278 g/mol. The highest BCUT2D eigenvalue weighted by molar-refractivity contribution is 6.28. The fraction of sp³-hybridized carbons (Fsp3) is 0.700. The van der Waals surface area contributed by atoms with Crippen molar-refractivity contribution in [3.05, 3.63) is 0 Å². The van der Waals surface area contributed by atoms with Crippen LogP contribution in [0.25, 0.3) is 0 Å². The second kappa shape index (κ2) is 7.17. The molecule has 4 amide bonds. The van der Waals surface area contributed by atoms with Crippen LogP contribution in [0, 0.1) is 0 Å². The van der Waals surface area contributed by atoms with Crippen molar-refractivity contribution in [2.45, 2.75) is 13.0 Å². The van der Waals surface area contributed by atoms with Crippen molar-refractivity contribution < 1.29 is 19.1 Å². The van der Waals surface area contributed by atoms with Crippen LogP contribution >= 0.6 is 11.6 Å². The molecule has 0 aromatic rings. The van der Waals surface area contributed by atoms with Crippen LogP contribution in [0.1, 0.15) is 6.92 Å². The summed E-state index contributed by atoms with van der Waals surface area (Å²) in [5.41, 5.74) is 0. The third kappa shape index (κ3) is 3.85. The number of nitrogens with zero attached hydrogens (tertiary/aromatic N) is 1. The lowest BCUT2D eigenvalue weighted by Crippen LogP contribution is -2.59. The van der Waals surface area contributed by atoms with Crippen LogP contribution < -0.4 is 10.6 Å². The van der Waals surface area contributed by atoms with Crippen LogP contribution in [0.2, 0.25) is 0 Å². The molecule has 0 saturated carbocycles. The van der Waals surface area contributed by atoms with Gasteiger partial charge < -0.3 is 15.0 Å². The summed E-state index contributed by atoms with van der Waals surface area (Å²) >= 11 is 5.30. The molecule has 0 aromatic heterocycles. The lowest BCUT2D eigenvalue weighted by Gasteiger charge is -2.34. The van der Waals surface area contributed by atoms with E-state index in [9.17, 15) is 14.4 Å². The highest BCUT2D eigenvalue weighted by Crippen LogP contribution is 2.07. The molecule has 0 bridgehead atoms. The van der Waals surface area contributed by atoms with E-state index < -0.39 is 18.0 Å². The molecular weight excluding hydrogens is 262 g/mol. The molecule has 18 heavy (non-hydrogen) atoms. The molecule has 2 N–H and O–H groups in total. The smallest absolute Gasteiger partial charge is 0.324 e. The van der Waals surface area contributed by atoms with Crippen LogP contribution in [0.4, 0.5) is 4.79 Å². The van der Waals surface area contributed by atoms with E-state index in [2.05, 4.69) is 10.6 Å². The van der Waals surface area contributed by atoms with E-state index >= 15 is 0 Å². The number of amides is 4. The minimum absolute atomic E-state index is 0.119. The summed E-state index contributed by atoms with van der Waals surface area (Å²) < 4.78 is 5.17. The van der Waals surface area contributed by atoms with E-state index in [1.54, 1.807) is 6.92 Å². The number of nitrogens with one attached hydrogen (secondary N) is 2. The summed E-state index contributed by atoms with van der Waals surface area (Å²) in [6, 6.07) is -1.35. The van der Waals surface area contributed by atoms with Gasteiger partial charge in [-0.25, -0.2) is 4.79 Å². The Morgan fingerprint density at radius 2 is 2.17 bits per heavy atom. The van der Waals surface area contributed by atoms with E-state index in [1.807, 2.05) is 0 Å². The van der Waals surface area contributed by atoms with Crippen LogP contribution in [0.15, 0.2) is 0 Å². The number of carbonyl (C=O) groups excluding carboxylic acids is 3. The summed E-state index contributed by atoms with van der Waals surface area (Å²) in [5, 5.41) is 4.72. The van der Waals surface area contributed by atoms with Crippen molar-refractivity contribution in [2.24, 2.45) is 0 Å². The standard InChI is InChI=1S/C10H16ClN3O4/c1-2-12-9(16)7-6-18-4-3-14(7)10(17)13-8(15)5-11/h7H,2-6H2,1H3,(H,12,16)(H,13,15,17). The molecule has 1 fully saturated rings. The zero-order valence-electron chi connectivity index (χ0n) is 10.1. The normalized spacial score (nSPS) is 19.2.